The highest BCUT2D eigenvalue weighted by Gasteiger charge is 2.21. The number of carboxylic acids is 3. The molecule has 5 aliphatic rings. The minimum atomic E-state index is -1.08. The Bertz CT molecular complexity index is 5050. The van der Waals surface area contributed by atoms with Crippen LogP contribution in [0.1, 0.15) is 232 Å². The number of thiazole rings is 2. The highest BCUT2D eigenvalue weighted by molar-refractivity contribution is 7.15. The monoisotopic (exact) mass is 1610 g/mol. The highest BCUT2D eigenvalue weighted by Crippen LogP contribution is 2.28. The van der Waals surface area contributed by atoms with E-state index in [1.165, 1.54) is 111 Å². The zero-order valence-electron chi connectivity index (χ0n) is 66.5. The molecule has 10 heterocycles. The number of aromatic carboxylic acids is 3. The molecule has 4 aromatic carbocycles. The van der Waals surface area contributed by atoms with Gasteiger partial charge in [0.2, 0.25) is 5.91 Å². The number of rotatable bonds is 7. The number of carbonyl (C=O) groups is 7. The maximum absolute atomic E-state index is 13.1. The van der Waals surface area contributed by atoms with Gasteiger partial charge in [0.15, 0.2) is 21.9 Å². The lowest BCUT2D eigenvalue weighted by Crippen LogP contribution is -2.26. The molecule has 610 valence electrons. The van der Waals surface area contributed by atoms with E-state index >= 15 is 0 Å². The van der Waals surface area contributed by atoms with Gasteiger partial charge in [0, 0.05) is 79.7 Å². The number of nitrogens with two attached hydrogens (primary N) is 2. The second-order valence-electron chi connectivity index (χ2n) is 26.7. The predicted molar refractivity (Wildman–Crippen MR) is 446 cm³/mol. The Morgan fingerprint density at radius 3 is 1.48 bits per heavy atom. The maximum atomic E-state index is 13.1. The lowest BCUT2D eigenvalue weighted by molar-refractivity contribution is -0.122. The standard InChI is InChI=1S/C21H22N4O2S.C17H18N2O3.C15H16N2O3.C8H7NO4.C8H15NO.C7H13NO.C4H6N2S.C2H4O.CH3F/c1-3-14-7-5-4-6-10-25-18(14)23-17-11-15(8-9-16(17)20(25)27)19(26)24-21-22-12-13(2)28-21;1-2-11-6-4-3-5-9-19-15(11)18-14-10-12(17(21)22)7-8-13(14)16(19)20;18-14-11-7-6-10(15(19)20)9-12(11)16-13-5-3-1-2-4-8-17(13)14;9-6-3-5(8(11)12)1-2-7(6)13-4-10;1-10-8-6-4-2-3-5-7-9-8;9-7-5-3-1-2-4-6-8-7;1-3-2-6-4(5)7-3;1-2-3;1-2/h3,8-9,11-12H,4-7,10H2,1-2H3,(H,22,24,26);2,7-8,10H,3-6,9H2,1H3,(H,21,22);6-7,9H,1-5,8H2,(H,19,20);1-4H,9H2,(H,11,12);2-7H2,1H3;1-6H2,(H,8,9);2H,1H3,(H2,5,6);2H,1H3;1H3/b14-3+;11-2+;;;;;;;/i;;;;;;;;1D. The van der Waals surface area contributed by atoms with Gasteiger partial charge in [-0.05, 0) is 196 Å². The fourth-order valence-corrected chi connectivity index (χ4v) is 13.9. The number of aromatic nitrogens is 8. The van der Waals surface area contributed by atoms with Crippen molar-refractivity contribution in [1.29, 1.82) is 0 Å². The molecule has 5 aliphatic heterocycles. The van der Waals surface area contributed by atoms with Crippen LogP contribution in [-0.2, 0) is 45.2 Å². The number of benzene rings is 4. The number of aryl methyl sites for hydroxylation is 3. The number of amides is 2. The van der Waals surface area contributed by atoms with E-state index in [1.54, 1.807) is 63.5 Å². The Labute approximate surface area is 670 Å². The summed E-state index contributed by atoms with van der Waals surface area (Å²) in [7, 11) is 0.709. The number of nitrogen functional groups attached to an aromatic ring is 2. The summed E-state index contributed by atoms with van der Waals surface area (Å²) in [5, 5.41) is 35.1. The molecule has 0 atom stereocenters. The van der Waals surface area contributed by atoms with Gasteiger partial charge < -0.3 is 46.4 Å². The molecular weight excluding hydrogens is 1500 g/mol. The summed E-state index contributed by atoms with van der Waals surface area (Å²) < 4.78 is 30.3. The number of fused-ring (bicyclic) bond motifs is 6. The number of hydrogen-bond donors (Lipinski definition) is 7. The normalized spacial score (nSPS) is 15.3. The number of methoxy groups -OCH3 is 1. The molecule has 14 rings (SSSR count). The first-order valence-corrected chi connectivity index (χ1v) is 39.7. The summed E-state index contributed by atoms with van der Waals surface area (Å²) in [5.41, 5.74) is 15.1. The molecule has 28 nitrogen and oxygen atoms in total. The maximum Gasteiger partial charge on any atom is 0.335 e. The first-order valence-electron chi connectivity index (χ1n) is 38.8. The number of ether oxygens (including phenoxy) is 2. The van der Waals surface area contributed by atoms with Crippen molar-refractivity contribution in [3.63, 3.8) is 0 Å². The number of nitrogens with one attached hydrogen (secondary N) is 2. The minimum Gasteiger partial charge on any atom is -0.484 e. The number of aliphatic imine (C=N–C) groups is 1. The summed E-state index contributed by atoms with van der Waals surface area (Å²) in [4.78, 5) is 141. The number of carbonyl (C=O) groups excluding carboxylic acids is 4. The van der Waals surface area contributed by atoms with E-state index in [4.69, 9.17) is 42.7 Å². The second-order valence-corrected chi connectivity index (χ2v) is 29.2. The molecule has 0 unspecified atom stereocenters. The predicted octanol–water partition coefficient (Wildman–Crippen LogP) is 15.1. The minimum absolute atomic E-state index is 0.0382. The van der Waals surface area contributed by atoms with Crippen molar-refractivity contribution in [3.05, 3.63) is 178 Å². The van der Waals surface area contributed by atoms with Crippen molar-refractivity contribution in [3.8, 4) is 5.75 Å². The van der Waals surface area contributed by atoms with E-state index in [2.05, 4.69) is 40.3 Å². The second kappa shape index (κ2) is 48.4. The number of aldehydes is 1. The number of carboxylic acid groups (broad SMARTS) is 3. The van der Waals surface area contributed by atoms with Crippen molar-refractivity contribution in [2.45, 2.75) is 202 Å². The summed E-state index contributed by atoms with van der Waals surface area (Å²) in [6.45, 7) is 13.4. The molecule has 9 aromatic rings. The Hall–Kier alpha value is -11.5. The van der Waals surface area contributed by atoms with Gasteiger partial charge in [0.25, 0.3) is 29.1 Å². The first-order chi connectivity index (χ1) is 55.4. The zero-order valence-corrected chi connectivity index (χ0v) is 67.1. The number of alkyl halides is 1. The van der Waals surface area contributed by atoms with E-state index in [1.807, 2.05) is 39.8 Å². The van der Waals surface area contributed by atoms with E-state index in [-0.39, 0.29) is 63.1 Å². The fraction of sp³-hybridized carbons (Fsp3) is 0.422. The quantitative estimate of drug-likeness (QED) is 0.0575. The molecule has 5 aromatic heterocycles. The molecule has 0 aliphatic carbocycles. The third kappa shape index (κ3) is 28.0. The summed E-state index contributed by atoms with van der Waals surface area (Å²) in [6, 6.07) is 17.9. The third-order valence-electron chi connectivity index (χ3n) is 18.5. The van der Waals surface area contributed by atoms with Crippen molar-refractivity contribution in [2.24, 2.45) is 4.99 Å². The van der Waals surface area contributed by atoms with Gasteiger partial charge in [-0.3, -0.25) is 57.2 Å². The van der Waals surface area contributed by atoms with Gasteiger partial charge in [0.1, 0.15) is 23.8 Å². The SMILES string of the molecule is C/C=C1\CCCCCn2c1nc1cc(C(=O)Nc3ncc(C)s3)ccc1c2=O.C/C=C1\CCCCCn2c1nc1cc(C(=O)O)ccc1c2=O.CC=O.COC1=NCCCCCC1.Cc1cnc(N)s1.Nc1cc(C(=O)O)ccc1OC=O.O=C(O)c1ccc2c(=O)n3c(nc2c1)CCCCCC3.O=C1CCCCCCN1.[2H]CF. The molecule has 0 radical (unpaired) electrons. The topological polar surface area (TPSA) is 418 Å². The van der Waals surface area contributed by atoms with E-state index in [9.17, 15) is 47.5 Å². The van der Waals surface area contributed by atoms with Crippen LogP contribution in [0.5, 0.6) is 5.75 Å². The van der Waals surface area contributed by atoms with Gasteiger partial charge in [-0.25, -0.2) is 39.3 Å². The number of nitrogens with zero attached hydrogens (tertiary/aromatic N) is 9. The van der Waals surface area contributed by atoms with Crippen LogP contribution in [0.3, 0.4) is 0 Å². The number of allylic oxidation sites excluding steroid dienone is 4. The highest BCUT2D eigenvalue weighted by atomic mass is 32.1. The number of hydrogen-bond acceptors (Lipinski definition) is 22. The van der Waals surface area contributed by atoms with Crippen molar-refractivity contribution in [1.82, 2.24) is 43.9 Å². The van der Waals surface area contributed by atoms with Gasteiger partial charge in [-0.2, -0.15) is 0 Å². The number of anilines is 3. The van der Waals surface area contributed by atoms with Crippen LogP contribution in [-0.4, -0.2) is 130 Å². The van der Waals surface area contributed by atoms with Crippen LogP contribution >= 0.6 is 22.7 Å². The Kier molecular flexibility index (Phi) is 38.1. The summed E-state index contributed by atoms with van der Waals surface area (Å²) in [5.74, 6) is 0.178. The fourth-order valence-electron chi connectivity index (χ4n) is 12.7. The lowest BCUT2D eigenvalue weighted by Gasteiger charge is -2.18. The first kappa shape index (κ1) is 89.7. The van der Waals surface area contributed by atoms with E-state index < -0.39 is 25.1 Å². The van der Waals surface area contributed by atoms with E-state index in [0.29, 0.717) is 74.0 Å². The molecule has 0 saturated carbocycles. The Morgan fingerprint density at radius 2 is 1.00 bits per heavy atom. The molecule has 9 N–H and O–H groups in total. The van der Waals surface area contributed by atoms with Crippen LogP contribution in [0.15, 0.2) is 117 Å². The Balaban J connectivity index is 0.000000215. The third-order valence-corrected chi connectivity index (χ3v) is 20.1. The van der Waals surface area contributed by atoms with Crippen LogP contribution < -0.4 is 43.5 Å². The molecule has 0 bridgehead atoms. The van der Waals surface area contributed by atoms with Gasteiger partial charge in [0.05, 0.1) is 70.7 Å². The smallest absolute Gasteiger partial charge is 0.335 e. The molecule has 2 amide bonds. The summed E-state index contributed by atoms with van der Waals surface area (Å²) in [6.07, 6.45) is 33.2. The van der Waals surface area contributed by atoms with Crippen LogP contribution in [0.2, 0.25) is 0 Å². The van der Waals surface area contributed by atoms with Gasteiger partial charge >= 0.3 is 17.9 Å². The van der Waals surface area contributed by atoms with Gasteiger partial charge in [-0.1, -0.05) is 63.5 Å². The average molecular weight is 1610 g/mol. The largest absolute Gasteiger partial charge is 0.484 e. The van der Waals surface area contributed by atoms with Gasteiger partial charge in [-0.15, -0.1) is 22.7 Å². The molecule has 1 fully saturated rings. The van der Waals surface area contributed by atoms with Crippen LogP contribution in [0, 0.1) is 13.8 Å². The molecule has 0 spiro atoms. The van der Waals surface area contributed by atoms with Crippen LogP contribution in [0.4, 0.5) is 20.3 Å². The van der Waals surface area contributed by atoms with Crippen molar-refractivity contribution < 1.29 is 64.1 Å². The van der Waals surface area contributed by atoms with Crippen molar-refractivity contribution >= 4 is 131 Å². The van der Waals surface area contributed by atoms with Crippen LogP contribution in [0.25, 0.3) is 43.9 Å². The molecule has 31 heteroatoms. The lowest BCUT2D eigenvalue weighted by atomic mass is 10.0. The Morgan fingerprint density at radius 1 is 0.561 bits per heavy atom. The van der Waals surface area contributed by atoms with Crippen molar-refractivity contribution in [2.75, 3.05) is 44.1 Å². The molecule has 114 heavy (non-hydrogen) atoms. The molecule has 1 saturated heterocycles. The zero-order chi connectivity index (χ0) is 83.8. The van der Waals surface area contributed by atoms with E-state index in [0.717, 1.165) is 167 Å². The summed E-state index contributed by atoms with van der Waals surface area (Å²) >= 11 is 2.93. The molecular formula is C83H104FN13O15S2. The number of halogens is 1. The average Bonchev–Trinajstić information content (AvgIpc) is 0.851.